The van der Waals surface area contributed by atoms with Crippen molar-refractivity contribution in [2.24, 2.45) is 0 Å². The smallest absolute Gasteiger partial charge is 0.0575 e. The van der Waals surface area contributed by atoms with Crippen LogP contribution in [0.5, 0.6) is 0 Å². The SMILES string of the molecule is Cc1ccc2c(c1)C1(C=CCCC=C1)c1cc(C)ccc1-2. The molecule has 0 radical (unpaired) electrons. The molecule has 0 aromatic heterocycles. The van der Waals surface area contributed by atoms with E-state index >= 15 is 0 Å². The predicted octanol–water partition coefficient (Wildman–Crippen LogP) is 5.48. The van der Waals surface area contributed by atoms with Gasteiger partial charge in [-0.05, 0) is 48.9 Å². The molecule has 0 fully saturated rings. The molecule has 0 heteroatoms. The summed E-state index contributed by atoms with van der Waals surface area (Å²) in [6.07, 6.45) is 11.8. The van der Waals surface area contributed by atoms with Crippen LogP contribution in [-0.4, -0.2) is 0 Å². The van der Waals surface area contributed by atoms with Crippen LogP contribution in [0.3, 0.4) is 0 Å². The van der Waals surface area contributed by atoms with Crippen molar-refractivity contribution >= 4 is 0 Å². The van der Waals surface area contributed by atoms with Gasteiger partial charge in [0, 0.05) is 0 Å². The average Bonchev–Trinajstić information content (AvgIpc) is 2.65. The molecule has 104 valence electrons. The van der Waals surface area contributed by atoms with Crippen LogP contribution in [0.2, 0.25) is 0 Å². The van der Waals surface area contributed by atoms with Gasteiger partial charge in [0.25, 0.3) is 0 Å². The molecule has 0 saturated heterocycles. The lowest BCUT2D eigenvalue weighted by atomic mass is 9.77. The van der Waals surface area contributed by atoms with Gasteiger partial charge < -0.3 is 0 Å². The van der Waals surface area contributed by atoms with Crippen molar-refractivity contribution in [3.63, 3.8) is 0 Å². The molecule has 0 nitrogen and oxygen atoms in total. The van der Waals surface area contributed by atoms with E-state index in [4.69, 9.17) is 0 Å². The summed E-state index contributed by atoms with van der Waals surface area (Å²) in [6.45, 7) is 4.37. The Kier molecular flexibility index (Phi) is 2.68. The molecule has 0 amide bonds. The normalized spacial score (nSPS) is 17.6. The quantitative estimate of drug-likeness (QED) is 0.557. The van der Waals surface area contributed by atoms with Crippen molar-refractivity contribution in [1.29, 1.82) is 0 Å². The largest absolute Gasteiger partial charge is 0.0867 e. The van der Waals surface area contributed by atoms with Crippen molar-refractivity contribution in [2.45, 2.75) is 32.1 Å². The van der Waals surface area contributed by atoms with Crippen LogP contribution in [0.1, 0.15) is 35.1 Å². The second kappa shape index (κ2) is 4.46. The summed E-state index contributed by atoms with van der Waals surface area (Å²) in [4.78, 5) is 0. The lowest BCUT2D eigenvalue weighted by molar-refractivity contribution is 0.841. The predicted molar refractivity (Wildman–Crippen MR) is 89.6 cm³/mol. The highest BCUT2D eigenvalue weighted by Crippen LogP contribution is 2.51. The minimum Gasteiger partial charge on any atom is -0.0867 e. The maximum Gasteiger partial charge on any atom is 0.0575 e. The number of aryl methyl sites for hydroxylation is 2. The standard InChI is InChI=1S/C21H20/c1-15-7-9-17-18-10-8-16(2)14-20(18)21(19(17)13-15)11-5-3-4-6-12-21/h5-14H,3-4H2,1-2H3. The van der Waals surface area contributed by atoms with E-state index in [-0.39, 0.29) is 5.41 Å². The van der Waals surface area contributed by atoms with Crippen molar-refractivity contribution in [1.82, 2.24) is 0 Å². The Morgan fingerprint density at radius 2 is 1.19 bits per heavy atom. The molecule has 1 spiro atoms. The highest BCUT2D eigenvalue weighted by Gasteiger charge is 2.39. The highest BCUT2D eigenvalue weighted by molar-refractivity contribution is 5.84. The van der Waals surface area contributed by atoms with E-state index in [2.05, 4.69) is 74.5 Å². The molecule has 0 heterocycles. The molecule has 4 rings (SSSR count). The molecular weight excluding hydrogens is 252 g/mol. The second-order valence-electron chi connectivity index (χ2n) is 6.35. The fourth-order valence-corrected chi connectivity index (χ4v) is 3.76. The Hall–Kier alpha value is -2.08. The average molecular weight is 272 g/mol. The van der Waals surface area contributed by atoms with E-state index in [9.17, 15) is 0 Å². The summed E-state index contributed by atoms with van der Waals surface area (Å²) < 4.78 is 0. The summed E-state index contributed by atoms with van der Waals surface area (Å²) in [5.41, 5.74) is 8.29. The van der Waals surface area contributed by atoms with Crippen molar-refractivity contribution in [3.8, 4) is 11.1 Å². The first-order valence-electron chi connectivity index (χ1n) is 7.79. The fraction of sp³-hybridized carbons (Fsp3) is 0.238. The van der Waals surface area contributed by atoms with E-state index in [1.807, 2.05) is 0 Å². The lowest BCUT2D eigenvalue weighted by Gasteiger charge is -2.25. The molecule has 0 saturated carbocycles. The third kappa shape index (κ3) is 1.75. The van der Waals surface area contributed by atoms with Crippen molar-refractivity contribution < 1.29 is 0 Å². The Bertz CT molecular complexity index is 707. The molecule has 0 aliphatic heterocycles. The van der Waals surface area contributed by atoms with Gasteiger partial charge in [0.2, 0.25) is 0 Å². The lowest BCUT2D eigenvalue weighted by Crippen LogP contribution is -2.19. The zero-order valence-electron chi connectivity index (χ0n) is 12.7. The van der Waals surface area contributed by atoms with Gasteiger partial charge in [-0.15, -0.1) is 0 Å². The molecule has 2 aliphatic carbocycles. The minimum atomic E-state index is -0.0563. The topological polar surface area (TPSA) is 0 Å². The summed E-state index contributed by atoms with van der Waals surface area (Å²) >= 11 is 0. The van der Waals surface area contributed by atoms with Crippen LogP contribution in [0.4, 0.5) is 0 Å². The maximum absolute atomic E-state index is 2.42. The summed E-state index contributed by atoms with van der Waals surface area (Å²) in [5, 5.41) is 0. The maximum atomic E-state index is 2.42. The number of benzene rings is 2. The highest BCUT2D eigenvalue weighted by atomic mass is 14.4. The van der Waals surface area contributed by atoms with Crippen LogP contribution in [-0.2, 0) is 5.41 Å². The molecule has 0 unspecified atom stereocenters. The monoisotopic (exact) mass is 272 g/mol. The Morgan fingerprint density at radius 3 is 1.67 bits per heavy atom. The third-order valence-corrected chi connectivity index (χ3v) is 4.79. The molecule has 2 aliphatic rings. The summed E-state index contributed by atoms with van der Waals surface area (Å²) in [5.74, 6) is 0. The van der Waals surface area contributed by atoms with Gasteiger partial charge in [-0.2, -0.15) is 0 Å². The number of rotatable bonds is 0. The van der Waals surface area contributed by atoms with Crippen LogP contribution in [0.15, 0.2) is 60.7 Å². The van der Waals surface area contributed by atoms with E-state index in [1.54, 1.807) is 0 Å². The first kappa shape index (κ1) is 12.6. The van der Waals surface area contributed by atoms with Gasteiger partial charge in [-0.1, -0.05) is 71.8 Å². The second-order valence-corrected chi connectivity index (χ2v) is 6.35. The number of allylic oxidation sites excluding steroid dienone is 4. The number of hydrogen-bond acceptors (Lipinski definition) is 0. The molecule has 0 bridgehead atoms. The minimum absolute atomic E-state index is 0.0563. The van der Waals surface area contributed by atoms with Gasteiger partial charge in [-0.25, -0.2) is 0 Å². The summed E-state index contributed by atoms with van der Waals surface area (Å²) in [6, 6.07) is 13.8. The first-order chi connectivity index (χ1) is 10.2. The summed E-state index contributed by atoms with van der Waals surface area (Å²) in [7, 11) is 0. The molecule has 0 N–H and O–H groups in total. The van der Waals surface area contributed by atoms with Crippen LogP contribution in [0, 0.1) is 13.8 Å². The van der Waals surface area contributed by atoms with Crippen molar-refractivity contribution in [3.05, 3.63) is 83.0 Å². The molecule has 2 aromatic carbocycles. The van der Waals surface area contributed by atoms with Crippen LogP contribution >= 0.6 is 0 Å². The number of fused-ring (bicyclic) bond motifs is 5. The van der Waals surface area contributed by atoms with Gasteiger partial charge in [0.05, 0.1) is 5.41 Å². The molecule has 0 atom stereocenters. The first-order valence-corrected chi connectivity index (χ1v) is 7.79. The Labute approximate surface area is 126 Å². The third-order valence-electron chi connectivity index (χ3n) is 4.79. The Balaban J connectivity index is 2.11. The molecule has 21 heavy (non-hydrogen) atoms. The van der Waals surface area contributed by atoms with Gasteiger partial charge in [0.15, 0.2) is 0 Å². The Morgan fingerprint density at radius 1 is 0.714 bits per heavy atom. The van der Waals surface area contributed by atoms with Gasteiger partial charge >= 0.3 is 0 Å². The van der Waals surface area contributed by atoms with E-state index < -0.39 is 0 Å². The van der Waals surface area contributed by atoms with E-state index in [1.165, 1.54) is 33.4 Å². The van der Waals surface area contributed by atoms with Crippen LogP contribution < -0.4 is 0 Å². The van der Waals surface area contributed by atoms with E-state index in [0.29, 0.717) is 0 Å². The van der Waals surface area contributed by atoms with Gasteiger partial charge in [0.1, 0.15) is 0 Å². The van der Waals surface area contributed by atoms with Gasteiger partial charge in [-0.3, -0.25) is 0 Å². The van der Waals surface area contributed by atoms with Crippen LogP contribution in [0.25, 0.3) is 11.1 Å². The molecular formula is C21H20. The van der Waals surface area contributed by atoms with Crippen molar-refractivity contribution in [2.75, 3.05) is 0 Å². The fourth-order valence-electron chi connectivity index (χ4n) is 3.76. The number of hydrogen-bond donors (Lipinski definition) is 0. The zero-order valence-corrected chi connectivity index (χ0v) is 12.7. The zero-order chi connectivity index (χ0) is 14.4. The molecule has 2 aromatic rings. The van der Waals surface area contributed by atoms with E-state index in [0.717, 1.165) is 12.8 Å².